The fourth-order valence-corrected chi connectivity index (χ4v) is 3.75. The zero-order valence-corrected chi connectivity index (χ0v) is 18.3. The number of rotatable bonds is 4. The van der Waals surface area contributed by atoms with Crippen LogP contribution in [-0.4, -0.2) is 30.0 Å². The number of tetrazole rings is 1. The van der Waals surface area contributed by atoms with Gasteiger partial charge in [0.15, 0.2) is 5.82 Å². The SMILES string of the molecule is Cc1ccc(-n2nnnc2-c2cnn(-c3ccc(Cl)c(Cl)c3)c2-c2cccc(F)c2)cc1. The van der Waals surface area contributed by atoms with E-state index in [0.29, 0.717) is 38.4 Å². The van der Waals surface area contributed by atoms with Gasteiger partial charge >= 0.3 is 0 Å². The van der Waals surface area contributed by atoms with Crippen molar-refractivity contribution in [2.45, 2.75) is 6.92 Å². The lowest BCUT2D eigenvalue weighted by Gasteiger charge is -2.11. The van der Waals surface area contributed by atoms with E-state index in [0.717, 1.165) is 11.3 Å². The Balaban J connectivity index is 1.74. The maximum Gasteiger partial charge on any atom is 0.190 e. The molecule has 0 bridgehead atoms. The van der Waals surface area contributed by atoms with Crippen molar-refractivity contribution in [2.24, 2.45) is 0 Å². The molecular formula is C23H15Cl2FN6. The lowest BCUT2D eigenvalue weighted by Crippen LogP contribution is -2.02. The topological polar surface area (TPSA) is 61.4 Å². The molecule has 158 valence electrons. The second-order valence-corrected chi connectivity index (χ2v) is 7.99. The summed E-state index contributed by atoms with van der Waals surface area (Å²) < 4.78 is 17.4. The van der Waals surface area contributed by atoms with Crippen molar-refractivity contribution in [1.82, 2.24) is 30.0 Å². The maximum absolute atomic E-state index is 14.2. The molecule has 0 aliphatic rings. The van der Waals surface area contributed by atoms with Crippen LogP contribution in [0, 0.1) is 12.7 Å². The molecule has 0 fully saturated rings. The monoisotopic (exact) mass is 464 g/mol. The van der Waals surface area contributed by atoms with Crippen LogP contribution in [0.25, 0.3) is 34.0 Å². The van der Waals surface area contributed by atoms with Crippen LogP contribution in [0.4, 0.5) is 4.39 Å². The normalized spacial score (nSPS) is 11.1. The summed E-state index contributed by atoms with van der Waals surface area (Å²) in [6, 6.07) is 19.3. The summed E-state index contributed by atoms with van der Waals surface area (Å²) in [5, 5.41) is 17.6. The largest absolute Gasteiger partial charge is 0.232 e. The fourth-order valence-electron chi connectivity index (χ4n) is 3.45. The average molecular weight is 465 g/mol. The van der Waals surface area contributed by atoms with Crippen molar-refractivity contribution < 1.29 is 4.39 Å². The van der Waals surface area contributed by atoms with E-state index in [4.69, 9.17) is 23.2 Å². The number of halogens is 3. The molecule has 0 aliphatic heterocycles. The van der Waals surface area contributed by atoms with E-state index in [1.807, 2.05) is 31.2 Å². The Morgan fingerprint density at radius 3 is 2.38 bits per heavy atom. The zero-order valence-electron chi connectivity index (χ0n) is 16.7. The molecule has 5 aromatic rings. The van der Waals surface area contributed by atoms with Gasteiger partial charge in [-0.3, -0.25) is 0 Å². The number of hydrogen-bond donors (Lipinski definition) is 0. The lowest BCUT2D eigenvalue weighted by atomic mass is 10.1. The maximum atomic E-state index is 14.2. The molecule has 0 amide bonds. The molecule has 3 aromatic carbocycles. The van der Waals surface area contributed by atoms with Gasteiger partial charge in [-0.05, 0) is 59.8 Å². The molecule has 0 unspecified atom stereocenters. The number of aryl methyl sites for hydroxylation is 1. The molecule has 9 heteroatoms. The van der Waals surface area contributed by atoms with Crippen molar-refractivity contribution in [3.8, 4) is 34.0 Å². The fraction of sp³-hybridized carbons (Fsp3) is 0.0435. The third-order valence-corrected chi connectivity index (χ3v) is 5.74. The predicted molar refractivity (Wildman–Crippen MR) is 122 cm³/mol. The molecule has 32 heavy (non-hydrogen) atoms. The van der Waals surface area contributed by atoms with Crippen molar-refractivity contribution in [3.63, 3.8) is 0 Å². The van der Waals surface area contributed by atoms with E-state index < -0.39 is 0 Å². The summed E-state index contributed by atoms with van der Waals surface area (Å²) in [5.41, 5.74) is 4.44. The quantitative estimate of drug-likeness (QED) is 0.330. The highest BCUT2D eigenvalue weighted by Crippen LogP contribution is 2.35. The summed E-state index contributed by atoms with van der Waals surface area (Å²) in [4.78, 5) is 0. The Morgan fingerprint density at radius 2 is 1.62 bits per heavy atom. The van der Waals surface area contributed by atoms with E-state index in [9.17, 15) is 4.39 Å². The minimum absolute atomic E-state index is 0.367. The van der Waals surface area contributed by atoms with Gasteiger partial charge in [0.1, 0.15) is 5.82 Å². The first-order valence-electron chi connectivity index (χ1n) is 9.66. The van der Waals surface area contributed by atoms with E-state index in [2.05, 4.69) is 20.6 Å². The standard InChI is InChI=1S/C23H15Cl2FN6/c1-14-5-7-17(8-6-14)32-23(28-29-30-32)19-13-27-31(18-9-10-20(24)21(25)12-18)22(19)15-3-2-4-16(26)11-15/h2-13H,1H3. The van der Waals surface area contributed by atoms with Gasteiger partial charge in [-0.15, -0.1) is 5.10 Å². The van der Waals surface area contributed by atoms with Crippen LogP contribution in [0.2, 0.25) is 10.0 Å². The smallest absolute Gasteiger partial charge is 0.190 e. The van der Waals surface area contributed by atoms with Gasteiger partial charge in [-0.1, -0.05) is 53.0 Å². The van der Waals surface area contributed by atoms with Gasteiger partial charge in [0.2, 0.25) is 0 Å². The van der Waals surface area contributed by atoms with Crippen molar-refractivity contribution in [2.75, 3.05) is 0 Å². The summed E-state index contributed by atoms with van der Waals surface area (Å²) in [6.07, 6.45) is 1.65. The van der Waals surface area contributed by atoms with Crippen molar-refractivity contribution in [3.05, 3.63) is 94.4 Å². The highest BCUT2D eigenvalue weighted by molar-refractivity contribution is 6.42. The van der Waals surface area contributed by atoms with E-state index in [1.54, 1.807) is 45.9 Å². The Kier molecular flexibility index (Phi) is 5.20. The first-order valence-corrected chi connectivity index (χ1v) is 10.4. The molecule has 2 heterocycles. The van der Waals surface area contributed by atoms with Gasteiger partial charge in [0, 0.05) is 5.56 Å². The summed E-state index contributed by atoms with van der Waals surface area (Å²) >= 11 is 12.3. The molecule has 0 saturated heterocycles. The predicted octanol–water partition coefficient (Wildman–Crippen LogP) is 5.94. The van der Waals surface area contributed by atoms with Crippen LogP contribution < -0.4 is 0 Å². The van der Waals surface area contributed by atoms with E-state index in [-0.39, 0.29) is 5.82 Å². The summed E-state index contributed by atoms with van der Waals surface area (Å²) in [6.45, 7) is 2.01. The molecule has 0 N–H and O–H groups in total. The lowest BCUT2D eigenvalue weighted by molar-refractivity contribution is 0.628. The first-order chi connectivity index (χ1) is 15.5. The Bertz CT molecular complexity index is 1420. The molecule has 5 rings (SSSR count). The van der Waals surface area contributed by atoms with Gasteiger partial charge in [0.05, 0.1) is 38.9 Å². The molecule has 6 nitrogen and oxygen atoms in total. The van der Waals surface area contributed by atoms with E-state index in [1.165, 1.54) is 12.1 Å². The molecule has 0 saturated carbocycles. The second kappa shape index (κ2) is 8.18. The second-order valence-electron chi connectivity index (χ2n) is 7.18. The molecule has 0 spiro atoms. The van der Waals surface area contributed by atoms with Crippen LogP contribution in [0.3, 0.4) is 0 Å². The van der Waals surface area contributed by atoms with E-state index >= 15 is 0 Å². The molecule has 2 aromatic heterocycles. The van der Waals surface area contributed by atoms with Crippen LogP contribution in [0.15, 0.2) is 72.9 Å². The third-order valence-electron chi connectivity index (χ3n) is 5.00. The summed E-state index contributed by atoms with van der Waals surface area (Å²) in [5.74, 6) is 0.105. The highest BCUT2D eigenvalue weighted by Gasteiger charge is 2.22. The molecular weight excluding hydrogens is 450 g/mol. The van der Waals surface area contributed by atoms with Gasteiger partial charge in [-0.25, -0.2) is 9.07 Å². The van der Waals surface area contributed by atoms with Crippen LogP contribution in [0.1, 0.15) is 5.56 Å². The van der Waals surface area contributed by atoms with Crippen molar-refractivity contribution >= 4 is 23.2 Å². The third kappa shape index (κ3) is 3.66. The van der Waals surface area contributed by atoms with Gasteiger partial charge in [0.25, 0.3) is 0 Å². The Labute approximate surface area is 192 Å². The highest BCUT2D eigenvalue weighted by atomic mass is 35.5. The number of hydrogen-bond acceptors (Lipinski definition) is 4. The number of benzene rings is 3. The number of aromatic nitrogens is 6. The zero-order chi connectivity index (χ0) is 22.2. The molecule has 0 radical (unpaired) electrons. The average Bonchev–Trinajstić information content (AvgIpc) is 3.43. The van der Waals surface area contributed by atoms with Crippen LogP contribution in [0.5, 0.6) is 0 Å². The molecule has 0 aliphatic carbocycles. The minimum Gasteiger partial charge on any atom is -0.232 e. The Hall–Kier alpha value is -3.55. The molecule has 0 atom stereocenters. The summed E-state index contributed by atoms with van der Waals surface area (Å²) in [7, 11) is 0. The number of nitrogens with zero attached hydrogens (tertiary/aromatic N) is 6. The first kappa shape index (κ1) is 20.4. The minimum atomic E-state index is -0.367. The Morgan fingerprint density at radius 1 is 0.844 bits per heavy atom. The van der Waals surface area contributed by atoms with Crippen LogP contribution in [-0.2, 0) is 0 Å². The van der Waals surface area contributed by atoms with Crippen LogP contribution >= 0.6 is 23.2 Å². The van der Waals surface area contributed by atoms with Crippen molar-refractivity contribution in [1.29, 1.82) is 0 Å². The van der Waals surface area contributed by atoms with Gasteiger partial charge < -0.3 is 0 Å². The van der Waals surface area contributed by atoms with Gasteiger partial charge in [-0.2, -0.15) is 9.78 Å².